The van der Waals surface area contributed by atoms with Gasteiger partial charge in [0.05, 0.1) is 18.3 Å². The van der Waals surface area contributed by atoms with Crippen LogP contribution in [0.1, 0.15) is 72.1 Å². The van der Waals surface area contributed by atoms with Gasteiger partial charge >= 0.3 is 5.97 Å². The Morgan fingerprint density at radius 2 is 1.73 bits per heavy atom. The number of hydrogen-bond acceptors (Lipinski definition) is 5. The summed E-state index contributed by atoms with van der Waals surface area (Å²) in [5, 5.41) is 51.9. The first kappa shape index (κ1) is 22.5. The molecule has 4 aliphatic carbocycles. The summed E-state index contributed by atoms with van der Waals surface area (Å²) in [6, 6.07) is 0. The van der Waals surface area contributed by atoms with Crippen LogP contribution in [0.15, 0.2) is 0 Å². The molecule has 6 heteroatoms. The molecule has 172 valence electrons. The zero-order chi connectivity index (χ0) is 22.0. The molecule has 30 heavy (non-hydrogen) atoms. The molecule has 0 aromatic rings. The molecule has 0 saturated heterocycles. The molecule has 4 saturated carbocycles. The summed E-state index contributed by atoms with van der Waals surface area (Å²) < 4.78 is 0. The number of aliphatic hydroxyl groups is 4. The van der Waals surface area contributed by atoms with Crippen LogP contribution in [0, 0.1) is 46.3 Å². The highest BCUT2D eigenvalue weighted by atomic mass is 16.4. The second-order valence-electron chi connectivity index (χ2n) is 11.6. The number of aliphatic carboxylic acids is 1. The topological polar surface area (TPSA) is 118 Å². The second kappa shape index (κ2) is 7.72. The van der Waals surface area contributed by atoms with Crippen LogP contribution in [0.3, 0.4) is 0 Å². The summed E-state index contributed by atoms with van der Waals surface area (Å²) >= 11 is 0. The van der Waals surface area contributed by atoms with Crippen molar-refractivity contribution in [3.8, 4) is 0 Å². The van der Waals surface area contributed by atoms with Crippen molar-refractivity contribution in [1.29, 1.82) is 0 Å². The Hall–Kier alpha value is -0.690. The molecule has 4 aliphatic rings. The van der Waals surface area contributed by atoms with E-state index in [0.717, 1.165) is 38.5 Å². The minimum Gasteiger partial charge on any atom is -0.479 e. The lowest BCUT2D eigenvalue weighted by molar-refractivity contribution is -0.207. The number of fused-ring (bicyclic) bond motifs is 5. The number of rotatable bonds is 4. The maximum Gasteiger partial charge on any atom is 0.332 e. The van der Waals surface area contributed by atoms with Gasteiger partial charge in [0.25, 0.3) is 0 Å². The van der Waals surface area contributed by atoms with Crippen LogP contribution in [0.2, 0.25) is 0 Å². The van der Waals surface area contributed by atoms with Gasteiger partial charge in [-0.1, -0.05) is 20.8 Å². The third-order valence-electron chi connectivity index (χ3n) is 10.4. The molecule has 12 atom stereocenters. The summed E-state index contributed by atoms with van der Waals surface area (Å²) in [6.07, 6.45) is 3.40. The first-order valence-corrected chi connectivity index (χ1v) is 11.9. The van der Waals surface area contributed by atoms with Crippen LogP contribution in [-0.4, -0.2) is 55.9 Å². The molecular weight excluding hydrogens is 384 g/mol. The largest absolute Gasteiger partial charge is 0.479 e. The quantitative estimate of drug-likeness (QED) is 0.473. The lowest BCUT2D eigenvalue weighted by atomic mass is 9.43. The van der Waals surface area contributed by atoms with Crippen LogP contribution >= 0.6 is 0 Å². The van der Waals surface area contributed by atoms with Gasteiger partial charge in [0.15, 0.2) is 6.10 Å². The predicted octanol–water partition coefficient (Wildman–Crippen LogP) is 2.42. The highest BCUT2D eigenvalue weighted by molar-refractivity contribution is 5.71. The molecule has 0 aromatic heterocycles. The van der Waals surface area contributed by atoms with Gasteiger partial charge in [0, 0.05) is 0 Å². The van der Waals surface area contributed by atoms with Gasteiger partial charge < -0.3 is 25.5 Å². The van der Waals surface area contributed by atoms with Gasteiger partial charge in [0.1, 0.15) is 0 Å². The Balaban J connectivity index is 1.61. The van der Waals surface area contributed by atoms with E-state index in [4.69, 9.17) is 5.11 Å². The van der Waals surface area contributed by atoms with E-state index in [2.05, 4.69) is 13.8 Å². The third kappa shape index (κ3) is 3.25. The Labute approximate surface area is 179 Å². The van der Waals surface area contributed by atoms with Gasteiger partial charge in [-0.25, -0.2) is 4.79 Å². The average Bonchev–Trinajstić information content (AvgIpc) is 3.02. The molecule has 1 unspecified atom stereocenters. The van der Waals surface area contributed by atoms with E-state index < -0.39 is 24.3 Å². The number of carboxylic acids is 1. The molecule has 0 amide bonds. The molecule has 6 nitrogen and oxygen atoms in total. The lowest BCUT2D eigenvalue weighted by Gasteiger charge is -2.63. The molecule has 0 aromatic carbocycles. The minimum absolute atomic E-state index is 0.00815. The second-order valence-corrected chi connectivity index (χ2v) is 11.6. The molecule has 5 N–H and O–H groups in total. The van der Waals surface area contributed by atoms with Crippen LogP contribution in [0.25, 0.3) is 0 Å². The average molecular weight is 425 g/mol. The van der Waals surface area contributed by atoms with Gasteiger partial charge in [-0.05, 0) is 97.7 Å². The van der Waals surface area contributed by atoms with Gasteiger partial charge in [-0.3, -0.25) is 0 Å². The van der Waals surface area contributed by atoms with Crippen LogP contribution < -0.4 is 0 Å². The first-order chi connectivity index (χ1) is 14.0. The Kier molecular flexibility index (Phi) is 5.79. The smallest absolute Gasteiger partial charge is 0.332 e. The zero-order valence-electron chi connectivity index (χ0n) is 18.6. The molecular formula is C24H40O6. The molecule has 4 fully saturated rings. The SMILES string of the molecule is C[C@H](CC(O)C(=O)O)[C@H]1CC[C@H]2[C@@H]3[C@H](O)C[C@@H]4C[C@H](O)CC[C@]4(C)[C@H]3C[C@H](O)[C@]12C. The fraction of sp³-hybridized carbons (Fsp3) is 0.958. The summed E-state index contributed by atoms with van der Waals surface area (Å²) in [5.74, 6) is -0.144. The molecule has 4 rings (SSSR count). The van der Waals surface area contributed by atoms with Gasteiger partial charge in [-0.15, -0.1) is 0 Å². The minimum atomic E-state index is -1.37. The van der Waals surface area contributed by atoms with E-state index in [-0.39, 0.29) is 52.9 Å². The zero-order valence-corrected chi connectivity index (χ0v) is 18.6. The van der Waals surface area contributed by atoms with E-state index in [9.17, 15) is 25.2 Å². The molecule has 0 aliphatic heterocycles. The fourth-order valence-corrected chi connectivity index (χ4v) is 8.75. The van der Waals surface area contributed by atoms with Crippen molar-refractivity contribution in [2.45, 2.75) is 96.6 Å². The van der Waals surface area contributed by atoms with Crippen molar-refractivity contribution in [3.05, 3.63) is 0 Å². The maximum absolute atomic E-state index is 11.5. The van der Waals surface area contributed by atoms with E-state index in [1.165, 1.54) is 0 Å². The fourth-order valence-electron chi connectivity index (χ4n) is 8.75. The standard InChI is InChI=1S/C24H40O6/c1-12(8-19(27)22(29)30)15-4-5-16-21-17(11-20(28)24(15,16)3)23(2)7-6-14(25)9-13(23)10-18(21)26/h12-21,25-28H,4-11H2,1-3H3,(H,29,30)/t12-,13+,14-,15-,16+,17+,18-,19?,20+,21+,23+,24-/m1/s1. The summed E-state index contributed by atoms with van der Waals surface area (Å²) in [7, 11) is 0. The molecule has 0 heterocycles. The molecule has 0 spiro atoms. The van der Waals surface area contributed by atoms with Crippen molar-refractivity contribution >= 4 is 5.97 Å². The number of carboxylic acid groups (broad SMARTS) is 1. The highest BCUT2D eigenvalue weighted by Gasteiger charge is 2.65. The third-order valence-corrected chi connectivity index (χ3v) is 10.4. The van der Waals surface area contributed by atoms with Crippen LogP contribution in [-0.2, 0) is 4.79 Å². The molecule has 0 bridgehead atoms. The normalized spacial score (nSPS) is 52.6. The van der Waals surface area contributed by atoms with Crippen LogP contribution in [0.4, 0.5) is 0 Å². The van der Waals surface area contributed by atoms with Crippen molar-refractivity contribution in [2.24, 2.45) is 46.3 Å². The predicted molar refractivity (Wildman–Crippen MR) is 111 cm³/mol. The van der Waals surface area contributed by atoms with Gasteiger partial charge in [-0.2, -0.15) is 0 Å². The number of aliphatic hydroxyl groups excluding tert-OH is 4. The summed E-state index contributed by atoms with van der Waals surface area (Å²) in [4.78, 5) is 11.1. The monoisotopic (exact) mass is 424 g/mol. The maximum atomic E-state index is 11.5. The van der Waals surface area contributed by atoms with E-state index in [1.807, 2.05) is 6.92 Å². The Morgan fingerprint density at radius 3 is 2.40 bits per heavy atom. The summed E-state index contributed by atoms with van der Waals surface area (Å²) in [6.45, 7) is 6.47. The van der Waals surface area contributed by atoms with Crippen molar-refractivity contribution in [3.63, 3.8) is 0 Å². The number of hydrogen-bond donors (Lipinski definition) is 5. The lowest BCUT2D eigenvalue weighted by Crippen LogP contribution is -2.62. The summed E-state index contributed by atoms with van der Waals surface area (Å²) in [5.41, 5.74) is -0.314. The first-order valence-electron chi connectivity index (χ1n) is 11.9. The van der Waals surface area contributed by atoms with Crippen molar-refractivity contribution in [2.75, 3.05) is 0 Å². The number of carbonyl (C=O) groups is 1. The van der Waals surface area contributed by atoms with E-state index >= 15 is 0 Å². The van der Waals surface area contributed by atoms with Gasteiger partial charge in [0.2, 0.25) is 0 Å². The van der Waals surface area contributed by atoms with Crippen molar-refractivity contribution < 1.29 is 30.3 Å². The molecule has 0 radical (unpaired) electrons. The highest BCUT2D eigenvalue weighted by Crippen LogP contribution is 2.68. The Morgan fingerprint density at radius 1 is 1.03 bits per heavy atom. The van der Waals surface area contributed by atoms with E-state index in [1.54, 1.807) is 0 Å². The van der Waals surface area contributed by atoms with E-state index in [0.29, 0.717) is 12.3 Å². The van der Waals surface area contributed by atoms with Crippen LogP contribution in [0.5, 0.6) is 0 Å². The van der Waals surface area contributed by atoms with Crippen molar-refractivity contribution in [1.82, 2.24) is 0 Å². The Bertz CT molecular complexity index is 668.